The summed E-state index contributed by atoms with van der Waals surface area (Å²) in [7, 11) is 1.49. The third-order valence-corrected chi connectivity index (χ3v) is 4.79. The number of fused-ring (bicyclic) bond motifs is 2. The number of halogens is 1. The van der Waals surface area contributed by atoms with Crippen LogP contribution in [-0.2, 0) is 12.8 Å². The van der Waals surface area contributed by atoms with E-state index in [1.807, 2.05) is 24.3 Å². The van der Waals surface area contributed by atoms with Crippen LogP contribution in [0.25, 0.3) is 11.6 Å². The van der Waals surface area contributed by atoms with Crippen LogP contribution in [-0.4, -0.2) is 7.11 Å². The Morgan fingerprint density at radius 3 is 2.00 bits per heavy atom. The van der Waals surface area contributed by atoms with E-state index < -0.39 is 0 Å². The maximum Gasteiger partial charge on any atom is 0.172 e. The van der Waals surface area contributed by atoms with Gasteiger partial charge in [0.25, 0.3) is 0 Å². The molecule has 0 N–H and O–H groups in total. The standard InChI is InChI=1S/C23H19FO/c1-25-22-12-6-9-18(23(22)24)15-21-19-10-4-2-7-16(19)13-14-17-8-3-5-11-20(17)21/h2-12,15H,13-14H2,1H3. The van der Waals surface area contributed by atoms with Gasteiger partial charge in [-0.25, -0.2) is 4.39 Å². The Morgan fingerprint density at radius 2 is 1.40 bits per heavy atom. The molecule has 1 aliphatic rings. The van der Waals surface area contributed by atoms with Gasteiger partial charge in [-0.1, -0.05) is 60.7 Å². The first-order valence-corrected chi connectivity index (χ1v) is 8.48. The van der Waals surface area contributed by atoms with Crippen LogP contribution < -0.4 is 4.74 Å². The zero-order chi connectivity index (χ0) is 17.2. The van der Waals surface area contributed by atoms with Crippen LogP contribution >= 0.6 is 0 Å². The van der Waals surface area contributed by atoms with Crippen LogP contribution in [0, 0.1) is 5.82 Å². The Bertz CT molecular complexity index is 906. The molecular formula is C23H19FO. The number of benzene rings is 3. The Labute approximate surface area is 147 Å². The fraction of sp³-hybridized carbons (Fsp3) is 0.130. The molecule has 0 radical (unpaired) electrons. The number of hydrogen-bond donors (Lipinski definition) is 0. The fourth-order valence-electron chi connectivity index (χ4n) is 3.52. The molecule has 4 rings (SSSR count). The largest absolute Gasteiger partial charge is 0.494 e. The topological polar surface area (TPSA) is 9.23 Å². The summed E-state index contributed by atoms with van der Waals surface area (Å²) in [5.41, 5.74) is 6.56. The van der Waals surface area contributed by atoms with Crippen molar-refractivity contribution in [3.8, 4) is 5.75 Å². The average Bonchev–Trinajstić information content (AvgIpc) is 2.81. The molecule has 0 unspecified atom stereocenters. The number of rotatable bonds is 2. The van der Waals surface area contributed by atoms with Crippen LogP contribution in [0.2, 0.25) is 0 Å². The van der Waals surface area contributed by atoms with Gasteiger partial charge in [-0.3, -0.25) is 0 Å². The fourth-order valence-corrected chi connectivity index (χ4v) is 3.52. The summed E-state index contributed by atoms with van der Waals surface area (Å²) in [4.78, 5) is 0. The molecule has 0 saturated heterocycles. The van der Waals surface area contributed by atoms with Crippen molar-refractivity contribution < 1.29 is 9.13 Å². The smallest absolute Gasteiger partial charge is 0.172 e. The lowest BCUT2D eigenvalue weighted by Crippen LogP contribution is -1.94. The van der Waals surface area contributed by atoms with E-state index in [9.17, 15) is 4.39 Å². The summed E-state index contributed by atoms with van der Waals surface area (Å²) in [6.45, 7) is 0. The van der Waals surface area contributed by atoms with Crippen LogP contribution in [0.3, 0.4) is 0 Å². The lowest BCUT2D eigenvalue weighted by Gasteiger charge is -2.13. The van der Waals surface area contributed by atoms with Crippen LogP contribution in [0.15, 0.2) is 66.7 Å². The molecule has 0 amide bonds. The van der Waals surface area contributed by atoms with E-state index in [-0.39, 0.29) is 11.6 Å². The summed E-state index contributed by atoms with van der Waals surface area (Å²) in [6, 6.07) is 22.1. The number of ether oxygens (including phenoxy) is 1. The summed E-state index contributed by atoms with van der Waals surface area (Å²) >= 11 is 0. The normalized spacial score (nSPS) is 12.8. The Morgan fingerprint density at radius 1 is 0.800 bits per heavy atom. The highest BCUT2D eigenvalue weighted by atomic mass is 19.1. The Kier molecular flexibility index (Phi) is 4.10. The van der Waals surface area contributed by atoms with Gasteiger partial charge in [0.15, 0.2) is 11.6 Å². The number of aryl methyl sites for hydroxylation is 2. The molecule has 3 aromatic carbocycles. The van der Waals surface area contributed by atoms with Crippen LogP contribution in [0.5, 0.6) is 5.75 Å². The number of methoxy groups -OCH3 is 1. The molecule has 1 aliphatic carbocycles. The maximum atomic E-state index is 14.7. The predicted octanol–water partition coefficient (Wildman–Crippen LogP) is 5.52. The van der Waals surface area contributed by atoms with Crippen molar-refractivity contribution >= 4 is 11.6 Å². The summed E-state index contributed by atoms with van der Waals surface area (Å²) in [6.07, 6.45) is 3.93. The van der Waals surface area contributed by atoms with Crippen molar-refractivity contribution in [3.63, 3.8) is 0 Å². The SMILES string of the molecule is COc1cccc(C=C2c3ccccc3CCc3ccccc32)c1F. The van der Waals surface area contributed by atoms with E-state index in [2.05, 4.69) is 36.4 Å². The average molecular weight is 330 g/mol. The third kappa shape index (κ3) is 2.85. The molecule has 25 heavy (non-hydrogen) atoms. The summed E-state index contributed by atoms with van der Waals surface area (Å²) in [5.74, 6) is -0.0544. The number of hydrogen-bond acceptors (Lipinski definition) is 1. The second-order valence-corrected chi connectivity index (χ2v) is 6.24. The van der Waals surface area contributed by atoms with Crippen LogP contribution in [0.4, 0.5) is 4.39 Å². The van der Waals surface area contributed by atoms with Gasteiger partial charge in [0.05, 0.1) is 7.11 Å². The molecule has 0 heterocycles. The highest BCUT2D eigenvalue weighted by Gasteiger charge is 2.18. The summed E-state index contributed by atoms with van der Waals surface area (Å²) < 4.78 is 19.8. The van der Waals surface area contributed by atoms with Gasteiger partial charge in [0.1, 0.15) is 0 Å². The second-order valence-electron chi connectivity index (χ2n) is 6.24. The first-order valence-electron chi connectivity index (χ1n) is 8.48. The molecular weight excluding hydrogens is 311 g/mol. The molecule has 0 aromatic heterocycles. The van der Waals surface area contributed by atoms with Gasteiger partial charge in [-0.2, -0.15) is 0 Å². The maximum absolute atomic E-state index is 14.7. The van der Waals surface area contributed by atoms with Gasteiger partial charge in [-0.15, -0.1) is 0 Å². The van der Waals surface area contributed by atoms with E-state index >= 15 is 0 Å². The molecule has 0 spiro atoms. The molecule has 124 valence electrons. The molecule has 3 aromatic rings. The van der Waals surface area contributed by atoms with Crippen molar-refractivity contribution in [1.29, 1.82) is 0 Å². The second kappa shape index (κ2) is 6.56. The lowest BCUT2D eigenvalue weighted by atomic mass is 9.92. The van der Waals surface area contributed by atoms with Gasteiger partial charge < -0.3 is 4.74 Å². The predicted molar refractivity (Wildman–Crippen MR) is 100 cm³/mol. The third-order valence-electron chi connectivity index (χ3n) is 4.79. The zero-order valence-electron chi connectivity index (χ0n) is 14.1. The van der Waals surface area contributed by atoms with Crippen LogP contribution in [0.1, 0.15) is 27.8 Å². The summed E-state index contributed by atoms with van der Waals surface area (Å²) in [5, 5.41) is 0. The quantitative estimate of drug-likeness (QED) is 0.601. The van der Waals surface area contributed by atoms with E-state index in [1.54, 1.807) is 12.1 Å². The van der Waals surface area contributed by atoms with Gasteiger partial charge in [0.2, 0.25) is 0 Å². The van der Waals surface area contributed by atoms with Crippen molar-refractivity contribution in [2.75, 3.05) is 7.11 Å². The molecule has 0 aliphatic heterocycles. The molecule has 0 atom stereocenters. The van der Waals surface area contributed by atoms with Crippen molar-refractivity contribution in [1.82, 2.24) is 0 Å². The van der Waals surface area contributed by atoms with Gasteiger partial charge in [-0.05, 0) is 52.8 Å². The first kappa shape index (κ1) is 15.6. The van der Waals surface area contributed by atoms with Gasteiger partial charge >= 0.3 is 0 Å². The molecule has 2 heteroatoms. The van der Waals surface area contributed by atoms with E-state index in [1.165, 1.54) is 29.4 Å². The van der Waals surface area contributed by atoms with Crippen molar-refractivity contribution in [3.05, 3.63) is 100 Å². The monoisotopic (exact) mass is 330 g/mol. The molecule has 0 saturated carbocycles. The highest BCUT2D eigenvalue weighted by molar-refractivity contribution is 5.94. The lowest BCUT2D eigenvalue weighted by molar-refractivity contribution is 0.386. The van der Waals surface area contributed by atoms with E-state index in [4.69, 9.17) is 4.74 Å². The molecule has 1 nitrogen and oxygen atoms in total. The first-order chi connectivity index (χ1) is 12.3. The zero-order valence-corrected chi connectivity index (χ0v) is 14.1. The van der Waals surface area contributed by atoms with Crippen molar-refractivity contribution in [2.45, 2.75) is 12.8 Å². The Balaban J connectivity index is 1.97. The van der Waals surface area contributed by atoms with Gasteiger partial charge in [0, 0.05) is 5.56 Å². The Hall–Kier alpha value is -2.87. The van der Waals surface area contributed by atoms with E-state index in [0.717, 1.165) is 18.4 Å². The minimum Gasteiger partial charge on any atom is -0.494 e. The molecule has 0 fully saturated rings. The van der Waals surface area contributed by atoms with Crippen molar-refractivity contribution in [2.24, 2.45) is 0 Å². The minimum atomic E-state index is -0.322. The highest BCUT2D eigenvalue weighted by Crippen LogP contribution is 2.35. The molecule has 0 bridgehead atoms. The van der Waals surface area contributed by atoms with E-state index in [0.29, 0.717) is 5.56 Å². The minimum absolute atomic E-state index is 0.268.